The van der Waals surface area contributed by atoms with Crippen LogP contribution in [0.3, 0.4) is 0 Å². The number of hydrogen-bond acceptors (Lipinski definition) is 9. The quantitative estimate of drug-likeness (QED) is 0.142. The summed E-state index contributed by atoms with van der Waals surface area (Å²) in [5.41, 5.74) is 4.18. The minimum absolute atomic E-state index is 0.00649. The minimum atomic E-state index is -0.885. The molecule has 49 heavy (non-hydrogen) atoms. The number of rotatable bonds is 14. The molecule has 2 aliphatic heterocycles. The molecular weight excluding hydrogens is 644 g/mol. The van der Waals surface area contributed by atoms with Crippen molar-refractivity contribution in [3.05, 3.63) is 129 Å². The summed E-state index contributed by atoms with van der Waals surface area (Å²) in [7, 11) is 0. The highest BCUT2D eigenvalue weighted by molar-refractivity contribution is 6.30. The number of halogens is 1. The van der Waals surface area contributed by atoms with Crippen LogP contribution in [-0.4, -0.2) is 56.9 Å². The predicted octanol–water partition coefficient (Wildman–Crippen LogP) is 6.95. The molecule has 2 aliphatic rings. The summed E-state index contributed by atoms with van der Waals surface area (Å²) in [5.74, 6) is -2.86. The van der Waals surface area contributed by atoms with Gasteiger partial charge in [0.25, 0.3) is 0 Å². The Hall–Kier alpha value is -4.46. The topological polar surface area (TPSA) is 116 Å². The van der Waals surface area contributed by atoms with Crippen molar-refractivity contribution in [3.63, 3.8) is 0 Å². The summed E-state index contributed by atoms with van der Waals surface area (Å²) >= 11 is 6.44. The average molecular weight is 685 g/mol. The van der Waals surface area contributed by atoms with Crippen LogP contribution in [0.15, 0.2) is 107 Å². The van der Waals surface area contributed by atoms with Gasteiger partial charge in [0.15, 0.2) is 5.79 Å². The van der Waals surface area contributed by atoms with Crippen molar-refractivity contribution in [2.75, 3.05) is 33.0 Å². The minimum Gasteiger partial charge on any atom is -0.462 e. The average Bonchev–Trinajstić information content (AvgIpc) is 3.45. The Kier molecular flexibility index (Phi) is 12.3. The maximum absolute atomic E-state index is 14.3. The second-order valence-electron chi connectivity index (χ2n) is 12.4. The maximum atomic E-state index is 14.3. The van der Waals surface area contributed by atoms with Gasteiger partial charge in [-0.2, -0.15) is 5.26 Å². The third-order valence-electron chi connectivity index (χ3n) is 8.37. The fourth-order valence-electron chi connectivity index (χ4n) is 6.19. The van der Waals surface area contributed by atoms with E-state index in [0.717, 1.165) is 11.1 Å². The highest BCUT2D eigenvalue weighted by atomic mass is 35.5. The van der Waals surface area contributed by atoms with E-state index in [0.29, 0.717) is 35.0 Å². The van der Waals surface area contributed by atoms with E-state index >= 15 is 0 Å². The summed E-state index contributed by atoms with van der Waals surface area (Å²) in [6.07, 6.45) is 0.278. The Morgan fingerprint density at radius 3 is 2.22 bits per heavy atom. The van der Waals surface area contributed by atoms with Crippen molar-refractivity contribution in [2.24, 2.45) is 0 Å². The smallest absolute Gasteiger partial charge is 0.336 e. The molecule has 5 rings (SSSR count). The van der Waals surface area contributed by atoms with Gasteiger partial charge in [0.05, 0.1) is 61.7 Å². The number of ether oxygens (including phenoxy) is 5. The van der Waals surface area contributed by atoms with Crippen LogP contribution in [0.2, 0.25) is 5.02 Å². The van der Waals surface area contributed by atoms with E-state index in [1.807, 2.05) is 56.3 Å². The van der Waals surface area contributed by atoms with Crippen molar-refractivity contribution in [1.29, 1.82) is 5.26 Å². The van der Waals surface area contributed by atoms with E-state index in [1.54, 1.807) is 31.2 Å². The monoisotopic (exact) mass is 684 g/mol. The van der Waals surface area contributed by atoms with Crippen LogP contribution in [0.25, 0.3) is 0 Å². The zero-order chi connectivity index (χ0) is 34.8. The first-order valence-electron chi connectivity index (χ1n) is 16.3. The van der Waals surface area contributed by atoms with Crippen LogP contribution >= 0.6 is 11.6 Å². The van der Waals surface area contributed by atoms with Gasteiger partial charge in [-0.05, 0) is 56.0 Å². The molecule has 1 N–H and O–H groups in total. The van der Waals surface area contributed by atoms with E-state index in [2.05, 4.69) is 29.6 Å². The first kappa shape index (κ1) is 35.8. The lowest BCUT2D eigenvalue weighted by molar-refractivity contribution is -0.144. The number of nitrogens with one attached hydrogen (secondary N) is 1. The molecule has 3 aromatic carbocycles. The fraction of sp³-hybridized carbons (Fsp3) is 0.359. The lowest BCUT2D eigenvalue weighted by Gasteiger charge is -2.32. The van der Waals surface area contributed by atoms with E-state index in [1.165, 1.54) is 0 Å². The standard InChI is InChI=1S/C39H41ClN2O7/c1-26-34(37(43)46-20-11-19-41)35(29-16-10-17-30(40)22-29)36(33(42-26)25-45-23-31-24-48-39(2,3)49-31)38(44)47-21-18-32(27-12-6-4-7-13-27)28-14-8-5-9-15-28/h4-10,12-17,22,31-32,35,42H,11,18,20-21,23-25H2,1-3H3. The summed E-state index contributed by atoms with van der Waals surface area (Å²) < 4.78 is 29.2. The van der Waals surface area contributed by atoms with Gasteiger partial charge < -0.3 is 29.0 Å². The van der Waals surface area contributed by atoms with Crippen LogP contribution in [0.5, 0.6) is 0 Å². The first-order chi connectivity index (χ1) is 23.7. The number of carbonyl (C=O) groups is 2. The molecule has 9 nitrogen and oxygen atoms in total. The SMILES string of the molecule is CC1=C(C(=O)OCCC#N)C(c2cccc(Cl)c2)C(C(=O)OCCC(c2ccccc2)c2ccccc2)=C(COCC2COC(C)(C)O2)N1. The van der Waals surface area contributed by atoms with E-state index in [4.69, 9.17) is 40.5 Å². The van der Waals surface area contributed by atoms with Gasteiger partial charge >= 0.3 is 11.9 Å². The molecular formula is C39H41ClN2O7. The third kappa shape index (κ3) is 9.37. The van der Waals surface area contributed by atoms with Gasteiger partial charge in [-0.25, -0.2) is 9.59 Å². The second kappa shape index (κ2) is 16.8. The second-order valence-corrected chi connectivity index (χ2v) is 12.8. The number of esters is 2. The van der Waals surface area contributed by atoms with Crippen LogP contribution in [0.1, 0.15) is 62.1 Å². The van der Waals surface area contributed by atoms with E-state index < -0.39 is 23.6 Å². The van der Waals surface area contributed by atoms with Crippen molar-refractivity contribution >= 4 is 23.5 Å². The fourth-order valence-corrected chi connectivity index (χ4v) is 6.39. The summed E-state index contributed by atoms with van der Waals surface area (Å²) in [4.78, 5) is 27.9. The van der Waals surface area contributed by atoms with Crippen molar-refractivity contribution in [3.8, 4) is 6.07 Å². The molecule has 256 valence electrons. The lowest BCUT2D eigenvalue weighted by Crippen LogP contribution is -2.35. The highest BCUT2D eigenvalue weighted by Crippen LogP contribution is 2.40. The zero-order valence-corrected chi connectivity index (χ0v) is 28.7. The first-order valence-corrected chi connectivity index (χ1v) is 16.7. The molecule has 2 atom stereocenters. The lowest BCUT2D eigenvalue weighted by atomic mass is 9.80. The number of nitrogens with zero attached hydrogens (tertiary/aromatic N) is 1. The molecule has 2 heterocycles. The van der Waals surface area contributed by atoms with Crippen LogP contribution in [0, 0.1) is 11.3 Å². The molecule has 0 aliphatic carbocycles. The Morgan fingerprint density at radius 2 is 1.61 bits per heavy atom. The number of hydrogen-bond donors (Lipinski definition) is 1. The van der Waals surface area contributed by atoms with Gasteiger partial charge in [0.2, 0.25) is 0 Å². The third-order valence-corrected chi connectivity index (χ3v) is 8.61. The van der Waals surface area contributed by atoms with Gasteiger partial charge in [-0.3, -0.25) is 0 Å². The normalized spacial score (nSPS) is 18.6. The van der Waals surface area contributed by atoms with Crippen molar-refractivity contribution < 1.29 is 33.3 Å². The van der Waals surface area contributed by atoms with Gasteiger partial charge in [0, 0.05) is 16.6 Å². The van der Waals surface area contributed by atoms with Gasteiger partial charge in [-0.15, -0.1) is 0 Å². The zero-order valence-electron chi connectivity index (χ0n) is 27.9. The number of benzene rings is 3. The molecule has 0 radical (unpaired) electrons. The maximum Gasteiger partial charge on any atom is 0.336 e. The highest BCUT2D eigenvalue weighted by Gasteiger charge is 2.40. The molecule has 2 unspecified atom stereocenters. The summed E-state index contributed by atoms with van der Waals surface area (Å²) in [6.45, 7) is 6.05. The molecule has 1 fully saturated rings. The molecule has 0 bridgehead atoms. The van der Waals surface area contributed by atoms with Gasteiger partial charge in [0.1, 0.15) is 12.7 Å². The largest absolute Gasteiger partial charge is 0.462 e. The van der Waals surface area contributed by atoms with Crippen molar-refractivity contribution in [2.45, 2.75) is 57.3 Å². The van der Waals surface area contributed by atoms with Crippen LogP contribution < -0.4 is 5.32 Å². The molecule has 0 aromatic heterocycles. The Morgan fingerprint density at radius 1 is 0.959 bits per heavy atom. The van der Waals surface area contributed by atoms with Gasteiger partial charge in [-0.1, -0.05) is 84.4 Å². The molecule has 10 heteroatoms. The molecule has 1 saturated heterocycles. The predicted molar refractivity (Wildman–Crippen MR) is 184 cm³/mol. The number of nitriles is 1. The molecule has 3 aromatic rings. The van der Waals surface area contributed by atoms with E-state index in [-0.39, 0.29) is 56.0 Å². The molecule has 0 amide bonds. The van der Waals surface area contributed by atoms with E-state index in [9.17, 15) is 9.59 Å². The van der Waals surface area contributed by atoms with Crippen LogP contribution in [0.4, 0.5) is 0 Å². The number of carbonyl (C=O) groups excluding carboxylic acids is 2. The Bertz CT molecular complexity index is 1680. The molecule has 0 saturated carbocycles. The van der Waals surface area contributed by atoms with Crippen molar-refractivity contribution in [1.82, 2.24) is 5.32 Å². The van der Waals surface area contributed by atoms with Crippen LogP contribution in [-0.2, 0) is 33.3 Å². The summed E-state index contributed by atoms with van der Waals surface area (Å²) in [5, 5.41) is 12.7. The number of dihydropyridines is 1. The Balaban J connectivity index is 1.45. The Labute approximate surface area is 292 Å². The molecule has 0 spiro atoms. The number of allylic oxidation sites excluding steroid dienone is 1. The summed E-state index contributed by atoms with van der Waals surface area (Å²) in [6, 6.07) is 29.2.